The van der Waals surface area contributed by atoms with Gasteiger partial charge in [0.25, 0.3) is 5.91 Å². The number of benzene rings is 1. The Morgan fingerprint density at radius 1 is 1.44 bits per heavy atom. The van der Waals surface area contributed by atoms with Crippen molar-refractivity contribution >= 4 is 16.8 Å². The number of piperidine rings is 1. The molecule has 2 heterocycles. The quantitative estimate of drug-likeness (QED) is 0.837. The highest BCUT2D eigenvalue weighted by Crippen LogP contribution is 2.28. The third-order valence-corrected chi connectivity index (χ3v) is 3.65. The zero-order chi connectivity index (χ0) is 12.5. The molecule has 3 N–H and O–H groups in total. The molecule has 93 valence electrons. The minimum atomic E-state index is -0.362. The van der Waals surface area contributed by atoms with Crippen molar-refractivity contribution in [3.8, 4) is 0 Å². The number of nitrogens with zero attached hydrogens (tertiary/aromatic N) is 1. The normalized spacial score (nSPS) is 17.1. The van der Waals surface area contributed by atoms with E-state index in [0.29, 0.717) is 11.6 Å². The molecule has 0 unspecified atom stereocenters. The minimum absolute atomic E-state index is 0.362. The molecule has 2 aromatic rings. The van der Waals surface area contributed by atoms with Gasteiger partial charge in [0, 0.05) is 23.1 Å². The molecule has 0 spiro atoms. The van der Waals surface area contributed by atoms with E-state index in [1.54, 1.807) is 0 Å². The molecule has 1 aliphatic rings. The smallest absolute Gasteiger partial charge is 0.250 e. The molecule has 1 fully saturated rings. The fraction of sp³-hybridized carbons (Fsp3) is 0.357. The molecule has 0 aliphatic carbocycles. The van der Waals surface area contributed by atoms with Crippen LogP contribution in [0.1, 0.15) is 29.2 Å². The van der Waals surface area contributed by atoms with Gasteiger partial charge in [0.15, 0.2) is 0 Å². The highest BCUT2D eigenvalue weighted by atomic mass is 16.1. The number of nitrogens with two attached hydrogens (primary N) is 1. The van der Waals surface area contributed by atoms with E-state index in [2.05, 4.69) is 16.0 Å². The number of hydrogen-bond donors (Lipinski definition) is 2. The third-order valence-electron chi connectivity index (χ3n) is 3.65. The monoisotopic (exact) mass is 242 g/mol. The van der Waals surface area contributed by atoms with E-state index in [1.807, 2.05) is 24.4 Å². The molecule has 1 aromatic heterocycles. The zero-order valence-electron chi connectivity index (χ0n) is 10.1. The van der Waals surface area contributed by atoms with Crippen molar-refractivity contribution in [3.05, 3.63) is 36.0 Å². The summed E-state index contributed by atoms with van der Waals surface area (Å²) < 4.78 is 2.19. The van der Waals surface area contributed by atoms with Crippen LogP contribution in [0.4, 0.5) is 0 Å². The summed E-state index contributed by atoms with van der Waals surface area (Å²) in [6, 6.07) is 9.19. The van der Waals surface area contributed by atoms with Gasteiger partial charge in [-0.2, -0.15) is 0 Å². The van der Waals surface area contributed by atoms with Gasteiger partial charge in [-0.15, -0.1) is 0 Å². The summed E-state index contributed by atoms with van der Waals surface area (Å²) in [5.74, 6) is -0.362. The van der Waals surface area contributed by atoms with Gasteiger partial charge in [-0.3, -0.25) is 4.79 Å². The van der Waals surface area contributed by atoms with Crippen LogP contribution < -0.4 is 11.1 Å². The summed E-state index contributed by atoms with van der Waals surface area (Å²) >= 11 is 0. The molecule has 1 amide bonds. The van der Waals surface area contributed by atoms with Crippen molar-refractivity contribution in [1.29, 1.82) is 0 Å². The first kappa shape index (κ1) is 11.3. The Morgan fingerprint density at radius 3 is 2.94 bits per heavy atom. The molecule has 3 rings (SSSR count). The third kappa shape index (κ3) is 1.78. The molecule has 1 radical (unpaired) electrons. The molecule has 0 bridgehead atoms. The summed E-state index contributed by atoms with van der Waals surface area (Å²) in [5, 5.41) is 4.28. The van der Waals surface area contributed by atoms with Crippen LogP contribution in [-0.2, 0) is 0 Å². The molecule has 1 saturated heterocycles. The number of fused-ring (bicyclic) bond motifs is 1. The van der Waals surface area contributed by atoms with E-state index < -0.39 is 0 Å². The van der Waals surface area contributed by atoms with Gasteiger partial charge < -0.3 is 15.6 Å². The van der Waals surface area contributed by atoms with E-state index in [-0.39, 0.29) is 5.91 Å². The van der Waals surface area contributed by atoms with Crippen molar-refractivity contribution in [2.45, 2.75) is 18.9 Å². The van der Waals surface area contributed by atoms with E-state index >= 15 is 0 Å². The van der Waals surface area contributed by atoms with Crippen LogP contribution in [0.5, 0.6) is 0 Å². The molecule has 4 heteroatoms. The number of carbonyl (C=O) groups excluding carboxylic acids is 1. The van der Waals surface area contributed by atoms with E-state index in [9.17, 15) is 4.79 Å². The molecular weight excluding hydrogens is 226 g/mol. The fourth-order valence-electron chi connectivity index (χ4n) is 2.72. The highest BCUT2D eigenvalue weighted by molar-refractivity contribution is 6.06. The highest BCUT2D eigenvalue weighted by Gasteiger charge is 2.19. The Bertz CT molecular complexity index is 582. The first-order valence-corrected chi connectivity index (χ1v) is 6.28. The molecule has 4 nitrogen and oxygen atoms in total. The van der Waals surface area contributed by atoms with Crippen LogP contribution in [0.15, 0.2) is 24.4 Å². The van der Waals surface area contributed by atoms with Crippen LogP contribution in [0.3, 0.4) is 0 Å². The number of primary amides is 1. The summed E-state index contributed by atoms with van der Waals surface area (Å²) in [6.07, 6.45) is 4.06. The fourth-order valence-corrected chi connectivity index (χ4v) is 2.72. The maximum atomic E-state index is 11.5. The van der Waals surface area contributed by atoms with Gasteiger partial charge in [0.05, 0.1) is 5.56 Å². The molecule has 0 saturated carbocycles. The predicted molar refractivity (Wildman–Crippen MR) is 70.4 cm³/mol. The zero-order valence-corrected chi connectivity index (χ0v) is 10.1. The minimum Gasteiger partial charge on any atom is -0.366 e. The van der Waals surface area contributed by atoms with E-state index in [0.717, 1.165) is 36.8 Å². The molecule has 1 aliphatic heterocycles. The second-order valence-corrected chi connectivity index (χ2v) is 4.74. The Labute approximate surface area is 106 Å². The van der Waals surface area contributed by atoms with E-state index in [1.165, 1.54) is 0 Å². The number of hydrogen-bond acceptors (Lipinski definition) is 2. The predicted octanol–water partition coefficient (Wildman–Crippen LogP) is 1.46. The summed E-state index contributed by atoms with van der Waals surface area (Å²) in [5.41, 5.74) is 7.11. The van der Waals surface area contributed by atoms with Crippen LogP contribution in [0.2, 0.25) is 0 Å². The van der Waals surface area contributed by atoms with Crippen LogP contribution in [0, 0.1) is 6.07 Å². The van der Waals surface area contributed by atoms with Crippen molar-refractivity contribution in [2.75, 3.05) is 13.1 Å². The van der Waals surface area contributed by atoms with Gasteiger partial charge in [-0.05, 0) is 38.1 Å². The van der Waals surface area contributed by atoms with Crippen molar-refractivity contribution < 1.29 is 4.79 Å². The van der Waals surface area contributed by atoms with Crippen LogP contribution >= 0.6 is 0 Å². The number of nitrogens with one attached hydrogen (secondary N) is 1. The number of rotatable bonds is 2. The number of carbonyl (C=O) groups is 1. The van der Waals surface area contributed by atoms with Gasteiger partial charge in [0.2, 0.25) is 0 Å². The van der Waals surface area contributed by atoms with Crippen LogP contribution in [-0.4, -0.2) is 23.6 Å². The Morgan fingerprint density at radius 2 is 2.22 bits per heavy atom. The number of amides is 1. The summed E-state index contributed by atoms with van der Waals surface area (Å²) in [4.78, 5) is 11.5. The largest absolute Gasteiger partial charge is 0.366 e. The van der Waals surface area contributed by atoms with Crippen LogP contribution in [0.25, 0.3) is 10.9 Å². The second-order valence-electron chi connectivity index (χ2n) is 4.74. The molecule has 18 heavy (non-hydrogen) atoms. The molecule has 1 aromatic carbocycles. The topological polar surface area (TPSA) is 60.1 Å². The van der Waals surface area contributed by atoms with Gasteiger partial charge in [0.1, 0.15) is 0 Å². The lowest BCUT2D eigenvalue weighted by molar-refractivity contribution is 0.100. The van der Waals surface area contributed by atoms with Crippen molar-refractivity contribution in [1.82, 2.24) is 9.88 Å². The first-order chi connectivity index (χ1) is 8.77. The first-order valence-electron chi connectivity index (χ1n) is 6.28. The van der Waals surface area contributed by atoms with E-state index in [4.69, 9.17) is 5.73 Å². The average molecular weight is 242 g/mol. The molecular formula is C14H16N3O. The van der Waals surface area contributed by atoms with Gasteiger partial charge >= 0.3 is 0 Å². The lowest BCUT2D eigenvalue weighted by Gasteiger charge is -2.25. The summed E-state index contributed by atoms with van der Waals surface area (Å²) in [7, 11) is 0. The maximum absolute atomic E-state index is 11.5. The van der Waals surface area contributed by atoms with Crippen molar-refractivity contribution in [3.63, 3.8) is 0 Å². The van der Waals surface area contributed by atoms with Gasteiger partial charge in [-0.1, -0.05) is 12.1 Å². The second kappa shape index (κ2) is 4.46. The standard InChI is InChI=1S/C14H16N3O/c15-14(18)12-9-17(10-5-7-16-8-6-10)13-4-2-1-3-11(12)13/h1,3-4,9-10,16H,5-8H2,(H2,15,18). The Kier molecular flexibility index (Phi) is 2.80. The maximum Gasteiger partial charge on any atom is 0.250 e. The SMILES string of the molecule is NC(=O)c1cn(C2CCNCC2)c2c[c]ccc12. The Balaban J connectivity index is 2.13. The Hall–Kier alpha value is -1.81. The van der Waals surface area contributed by atoms with Crippen molar-refractivity contribution in [2.24, 2.45) is 5.73 Å². The lowest BCUT2D eigenvalue weighted by atomic mass is 10.1. The lowest BCUT2D eigenvalue weighted by Crippen LogP contribution is -2.29. The molecule has 0 atom stereocenters. The number of aromatic nitrogens is 1. The average Bonchev–Trinajstić information content (AvgIpc) is 2.79. The van der Waals surface area contributed by atoms with Gasteiger partial charge in [-0.25, -0.2) is 0 Å². The summed E-state index contributed by atoms with van der Waals surface area (Å²) in [6.45, 7) is 2.04.